The van der Waals surface area contributed by atoms with E-state index in [0.29, 0.717) is 4.90 Å². The predicted octanol–water partition coefficient (Wildman–Crippen LogP) is 4.96. The summed E-state index contributed by atoms with van der Waals surface area (Å²) in [4.78, 5) is 0.364. The second-order valence-corrected chi connectivity index (χ2v) is 8.50. The van der Waals surface area contributed by atoms with E-state index < -0.39 is 9.84 Å². The predicted molar refractivity (Wildman–Crippen MR) is 104 cm³/mol. The molecule has 0 aliphatic heterocycles. The quantitative estimate of drug-likeness (QED) is 0.690. The molecule has 1 aliphatic carbocycles. The van der Waals surface area contributed by atoms with E-state index in [1.54, 1.807) is 19.2 Å². The molecule has 0 saturated carbocycles. The van der Waals surface area contributed by atoms with Gasteiger partial charge in [-0.15, -0.1) is 0 Å². The third-order valence-corrected chi connectivity index (χ3v) is 5.56. The molecule has 2 rings (SSSR count). The van der Waals surface area contributed by atoms with Crippen LogP contribution in [0, 0.1) is 0 Å². The summed E-state index contributed by atoms with van der Waals surface area (Å²) in [6.45, 7) is 2.18. The van der Waals surface area contributed by atoms with Crippen LogP contribution in [0.25, 0.3) is 5.57 Å². The van der Waals surface area contributed by atoms with E-state index >= 15 is 0 Å². The third kappa shape index (κ3) is 5.98. The first-order valence-corrected chi connectivity index (χ1v) is 10.8. The Hall–Kier alpha value is -1.65. The van der Waals surface area contributed by atoms with Crippen LogP contribution in [0.15, 0.2) is 59.0 Å². The van der Waals surface area contributed by atoms with E-state index in [-0.39, 0.29) is 6.10 Å². The first-order chi connectivity index (χ1) is 11.9. The fourth-order valence-corrected chi connectivity index (χ4v) is 3.52. The van der Waals surface area contributed by atoms with Crippen molar-refractivity contribution in [1.29, 1.82) is 0 Å². The summed E-state index contributed by atoms with van der Waals surface area (Å²) in [5.74, 6) is 0. The van der Waals surface area contributed by atoms with E-state index in [9.17, 15) is 8.42 Å². The summed E-state index contributed by atoms with van der Waals surface area (Å²) < 4.78 is 28.7. The minimum Gasteiger partial charge on any atom is -0.377 e. The van der Waals surface area contributed by atoms with Crippen LogP contribution in [-0.2, 0) is 14.6 Å². The number of benzene rings is 1. The minimum absolute atomic E-state index is 0.176. The molecule has 136 valence electrons. The van der Waals surface area contributed by atoms with Crippen LogP contribution < -0.4 is 0 Å². The molecule has 0 spiro atoms. The van der Waals surface area contributed by atoms with Gasteiger partial charge in [0, 0.05) is 13.4 Å². The van der Waals surface area contributed by atoms with Gasteiger partial charge in [0.1, 0.15) is 0 Å². The Kier molecular flexibility index (Phi) is 7.21. The SMILES string of the molecule is CCCC/C(=C/C1=CCCC(OC)C=C1)c1ccc(S(C)(=O)=O)cc1. The van der Waals surface area contributed by atoms with Gasteiger partial charge in [-0.05, 0) is 54.5 Å². The number of unbranched alkanes of at least 4 members (excludes halogenated alkanes) is 1. The molecule has 1 unspecified atom stereocenters. The number of sulfone groups is 1. The van der Waals surface area contributed by atoms with Gasteiger partial charge >= 0.3 is 0 Å². The van der Waals surface area contributed by atoms with Crippen molar-refractivity contribution in [2.45, 2.75) is 50.0 Å². The van der Waals surface area contributed by atoms with Crippen molar-refractivity contribution in [3.8, 4) is 0 Å². The summed E-state index contributed by atoms with van der Waals surface area (Å²) in [6, 6.07) is 7.22. The zero-order valence-corrected chi connectivity index (χ0v) is 16.2. The van der Waals surface area contributed by atoms with Gasteiger partial charge in [0.25, 0.3) is 0 Å². The molecule has 0 heterocycles. The van der Waals surface area contributed by atoms with Crippen LogP contribution in [-0.4, -0.2) is 27.9 Å². The molecule has 0 amide bonds. The molecule has 0 saturated heterocycles. The van der Waals surface area contributed by atoms with Crippen LogP contribution in [0.5, 0.6) is 0 Å². The largest absolute Gasteiger partial charge is 0.377 e. The first kappa shape index (κ1) is 19.7. The second-order valence-electron chi connectivity index (χ2n) is 6.48. The molecule has 4 heteroatoms. The van der Waals surface area contributed by atoms with Gasteiger partial charge in [0.05, 0.1) is 11.0 Å². The fraction of sp³-hybridized carbons (Fsp3) is 0.429. The van der Waals surface area contributed by atoms with Gasteiger partial charge in [0.2, 0.25) is 0 Å². The van der Waals surface area contributed by atoms with Crippen LogP contribution in [0.2, 0.25) is 0 Å². The minimum atomic E-state index is -3.16. The van der Waals surface area contributed by atoms with Crippen molar-refractivity contribution in [3.05, 3.63) is 59.7 Å². The molecule has 1 aromatic rings. The van der Waals surface area contributed by atoms with Gasteiger partial charge in [0.15, 0.2) is 9.84 Å². The summed E-state index contributed by atoms with van der Waals surface area (Å²) in [7, 11) is -1.42. The average molecular weight is 361 g/mol. The molecule has 1 aliphatic rings. The summed E-state index contributed by atoms with van der Waals surface area (Å²) in [6.07, 6.45) is 15.3. The van der Waals surface area contributed by atoms with Gasteiger partial charge in [-0.1, -0.05) is 49.8 Å². The van der Waals surface area contributed by atoms with Crippen LogP contribution in [0.4, 0.5) is 0 Å². The van der Waals surface area contributed by atoms with E-state index in [2.05, 4.69) is 31.2 Å². The second kappa shape index (κ2) is 9.16. The van der Waals surface area contributed by atoms with E-state index in [1.165, 1.54) is 17.4 Å². The number of hydrogen-bond acceptors (Lipinski definition) is 3. The highest BCUT2D eigenvalue weighted by atomic mass is 32.2. The summed E-state index contributed by atoms with van der Waals surface area (Å²) in [5, 5.41) is 0. The Bertz CT molecular complexity index is 753. The molecule has 25 heavy (non-hydrogen) atoms. The Labute approximate surface area is 152 Å². The lowest BCUT2D eigenvalue weighted by atomic mass is 9.97. The lowest BCUT2D eigenvalue weighted by molar-refractivity contribution is 0.135. The molecular weight excluding hydrogens is 332 g/mol. The van der Waals surface area contributed by atoms with Crippen LogP contribution in [0.1, 0.15) is 44.6 Å². The lowest BCUT2D eigenvalue weighted by Crippen LogP contribution is -2.04. The highest BCUT2D eigenvalue weighted by molar-refractivity contribution is 7.90. The molecular formula is C21H28O3S. The van der Waals surface area contributed by atoms with Crippen molar-refractivity contribution in [3.63, 3.8) is 0 Å². The highest BCUT2D eigenvalue weighted by Crippen LogP contribution is 2.26. The normalized spacial score (nSPS) is 18.8. The lowest BCUT2D eigenvalue weighted by Gasteiger charge is -2.09. The number of ether oxygens (including phenoxy) is 1. The Morgan fingerprint density at radius 2 is 2.00 bits per heavy atom. The average Bonchev–Trinajstić information content (AvgIpc) is 2.83. The number of methoxy groups -OCH3 is 1. The van der Waals surface area contributed by atoms with E-state index in [0.717, 1.165) is 37.7 Å². The third-order valence-electron chi connectivity index (χ3n) is 4.43. The zero-order valence-electron chi connectivity index (χ0n) is 15.4. The standard InChI is InChI=1S/C21H28O3S/c1-4-5-8-19(16-17-7-6-9-20(24-2)13-10-17)18-11-14-21(15-12-18)25(3,22)23/h7,10-16,20H,4-6,8-9H2,1-3H3/b19-16-. The van der Waals surface area contributed by atoms with Crippen molar-refractivity contribution < 1.29 is 13.2 Å². The number of rotatable bonds is 7. The zero-order chi connectivity index (χ0) is 18.3. The van der Waals surface area contributed by atoms with Crippen LogP contribution in [0.3, 0.4) is 0 Å². The monoisotopic (exact) mass is 360 g/mol. The van der Waals surface area contributed by atoms with Gasteiger partial charge < -0.3 is 4.74 Å². The van der Waals surface area contributed by atoms with E-state index in [1.807, 2.05) is 12.1 Å². The Morgan fingerprint density at radius 3 is 2.60 bits per heavy atom. The first-order valence-electron chi connectivity index (χ1n) is 8.86. The molecule has 0 radical (unpaired) electrons. The van der Waals surface area contributed by atoms with Gasteiger partial charge in [-0.25, -0.2) is 8.42 Å². The fourth-order valence-electron chi connectivity index (χ4n) is 2.88. The Morgan fingerprint density at radius 1 is 1.28 bits per heavy atom. The number of allylic oxidation sites excluding steroid dienone is 5. The van der Waals surface area contributed by atoms with Gasteiger partial charge in [-0.3, -0.25) is 0 Å². The topological polar surface area (TPSA) is 43.4 Å². The summed E-state index contributed by atoms with van der Waals surface area (Å²) >= 11 is 0. The molecule has 0 fully saturated rings. The van der Waals surface area contributed by atoms with Crippen molar-refractivity contribution in [2.75, 3.05) is 13.4 Å². The van der Waals surface area contributed by atoms with Crippen molar-refractivity contribution in [1.82, 2.24) is 0 Å². The molecule has 0 aromatic heterocycles. The maximum absolute atomic E-state index is 11.7. The highest BCUT2D eigenvalue weighted by Gasteiger charge is 2.10. The Balaban J connectivity index is 2.30. The molecule has 1 atom stereocenters. The van der Waals surface area contributed by atoms with Gasteiger partial charge in [-0.2, -0.15) is 0 Å². The molecule has 3 nitrogen and oxygen atoms in total. The van der Waals surface area contributed by atoms with E-state index in [4.69, 9.17) is 4.74 Å². The van der Waals surface area contributed by atoms with Crippen molar-refractivity contribution >= 4 is 15.4 Å². The summed E-state index contributed by atoms with van der Waals surface area (Å²) in [5.41, 5.74) is 3.52. The van der Waals surface area contributed by atoms with Crippen LogP contribution >= 0.6 is 0 Å². The molecule has 0 bridgehead atoms. The smallest absolute Gasteiger partial charge is 0.175 e. The number of hydrogen-bond donors (Lipinski definition) is 0. The molecule has 0 N–H and O–H groups in total. The maximum Gasteiger partial charge on any atom is 0.175 e. The maximum atomic E-state index is 11.7. The van der Waals surface area contributed by atoms with Crippen molar-refractivity contribution in [2.24, 2.45) is 0 Å². The molecule has 1 aromatic carbocycles.